The molecule has 4 aromatic rings. The SMILES string of the molecule is O=C(CN1CCN(c2ccccc2)CC1)NCc1ccc(-c2cccc(O)c2)c2ccncc12. The Balaban J connectivity index is 1.22. The average Bonchev–Trinajstić information content (AvgIpc) is 2.88. The largest absolute Gasteiger partial charge is 0.508 e. The second kappa shape index (κ2) is 9.93. The van der Waals surface area contributed by atoms with Crippen LogP contribution in [0.15, 0.2) is 85.2 Å². The minimum Gasteiger partial charge on any atom is -0.508 e. The first kappa shape index (κ1) is 21.9. The number of pyridine rings is 1. The van der Waals surface area contributed by atoms with Gasteiger partial charge in [0.2, 0.25) is 5.91 Å². The Morgan fingerprint density at radius 3 is 2.53 bits per heavy atom. The maximum absolute atomic E-state index is 12.7. The molecule has 2 N–H and O–H groups in total. The first-order valence-corrected chi connectivity index (χ1v) is 11.6. The van der Waals surface area contributed by atoms with E-state index in [1.165, 1.54) is 5.69 Å². The number of phenols is 1. The first-order valence-electron chi connectivity index (χ1n) is 11.6. The summed E-state index contributed by atoms with van der Waals surface area (Å²) in [7, 11) is 0. The van der Waals surface area contributed by atoms with Crippen molar-refractivity contribution in [2.45, 2.75) is 6.54 Å². The predicted molar refractivity (Wildman–Crippen MR) is 136 cm³/mol. The zero-order valence-corrected chi connectivity index (χ0v) is 19.0. The maximum Gasteiger partial charge on any atom is 0.234 e. The van der Waals surface area contributed by atoms with E-state index in [1.54, 1.807) is 18.3 Å². The molecule has 1 saturated heterocycles. The number of rotatable bonds is 6. The van der Waals surface area contributed by atoms with E-state index < -0.39 is 0 Å². The quantitative estimate of drug-likeness (QED) is 0.462. The summed E-state index contributed by atoms with van der Waals surface area (Å²) >= 11 is 0. The lowest BCUT2D eigenvalue weighted by Crippen LogP contribution is -2.49. The molecule has 0 aliphatic carbocycles. The van der Waals surface area contributed by atoms with Crippen molar-refractivity contribution in [1.29, 1.82) is 0 Å². The minimum atomic E-state index is 0.0299. The molecule has 1 fully saturated rings. The summed E-state index contributed by atoms with van der Waals surface area (Å²) in [6.45, 7) is 4.43. The van der Waals surface area contributed by atoms with Gasteiger partial charge in [0.1, 0.15) is 5.75 Å². The third kappa shape index (κ3) is 4.87. The fourth-order valence-corrected chi connectivity index (χ4v) is 4.58. The van der Waals surface area contributed by atoms with Crippen LogP contribution in [0.4, 0.5) is 5.69 Å². The molecule has 3 aromatic carbocycles. The van der Waals surface area contributed by atoms with Gasteiger partial charge >= 0.3 is 0 Å². The van der Waals surface area contributed by atoms with Crippen LogP contribution in [0.25, 0.3) is 21.9 Å². The maximum atomic E-state index is 12.7. The highest BCUT2D eigenvalue weighted by Gasteiger charge is 2.19. The number of para-hydroxylation sites is 1. The van der Waals surface area contributed by atoms with E-state index in [9.17, 15) is 9.90 Å². The second-order valence-electron chi connectivity index (χ2n) is 8.62. The monoisotopic (exact) mass is 452 g/mol. The smallest absolute Gasteiger partial charge is 0.234 e. The predicted octanol–water partition coefficient (Wildman–Crippen LogP) is 4.05. The summed E-state index contributed by atoms with van der Waals surface area (Å²) in [4.78, 5) is 21.6. The van der Waals surface area contributed by atoms with Crippen LogP contribution in [0.2, 0.25) is 0 Å². The Bertz CT molecular complexity index is 1280. The highest BCUT2D eigenvalue weighted by Crippen LogP contribution is 2.32. The topological polar surface area (TPSA) is 68.7 Å². The number of nitrogens with zero attached hydrogens (tertiary/aromatic N) is 3. The Morgan fingerprint density at radius 2 is 1.74 bits per heavy atom. The number of piperazine rings is 1. The Labute approximate surface area is 199 Å². The first-order chi connectivity index (χ1) is 16.7. The fourth-order valence-electron chi connectivity index (χ4n) is 4.58. The van der Waals surface area contributed by atoms with Gasteiger partial charge in [-0.15, -0.1) is 0 Å². The lowest BCUT2D eigenvalue weighted by molar-refractivity contribution is -0.122. The molecule has 2 heterocycles. The van der Waals surface area contributed by atoms with Crippen LogP contribution < -0.4 is 10.2 Å². The van der Waals surface area contributed by atoms with Crippen molar-refractivity contribution in [2.75, 3.05) is 37.6 Å². The summed E-state index contributed by atoms with van der Waals surface area (Å²) < 4.78 is 0. The fraction of sp³-hybridized carbons (Fsp3) is 0.214. The van der Waals surface area contributed by atoms with Gasteiger partial charge in [-0.3, -0.25) is 14.7 Å². The summed E-state index contributed by atoms with van der Waals surface area (Å²) in [5, 5.41) is 15.0. The molecular weight excluding hydrogens is 424 g/mol. The van der Waals surface area contributed by atoms with Gasteiger partial charge in [0.05, 0.1) is 6.54 Å². The summed E-state index contributed by atoms with van der Waals surface area (Å²) in [6, 6.07) is 23.7. The van der Waals surface area contributed by atoms with E-state index in [1.807, 2.05) is 42.6 Å². The van der Waals surface area contributed by atoms with Gasteiger partial charge < -0.3 is 15.3 Å². The molecule has 6 nitrogen and oxygen atoms in total. The molecule has 0 saturated carbocycles. The molecule has 1 aliphatic rings. The molecule has 0 radical (unpaired) electrons. The van der Waals surface area contributed by atoms with Crippen molar-refractivity contribution in [3.8, 4) is 16.9 Å². The van der Waals surface area contributed by atoms with Crippen LogP contribution in [-0.4, -0.2) is 53.6 Å². The number of nitrogens with one attached hydrogen (secondary N) is 1. The van der Waals surface area contributed by atoms with E-state index in [0.29, 0.717) is 13.1 Å². The van der Waals surface area contributed by atoms with E-state index >= 15 is 0 Å². The lowest BCUT2D eigenvalue weighted by atomic mass is 9.96. The van der Waals surface area contributed by atoms with Gasteiger partial charge in [-0.2, -0.15) is 0 Å². The summed E-state index contributed by atoms with van der Waals surface area (Å²) in [6.07, 6.45) is 3.61. The molecule has 1 aliphatic heterocycles. The number of aromatic nitrogens is 1. The third-order valence-electron chi connectivity index (χ3n) is 6.40. The van der Waals surface area contributed by atoms with Crippen molar-refractivity contribution in [1.82, 2.24) is 15.2 Å². The number of anilines is 1. The van der Waals surface area contributed by atoms with Gasteiger partial charge in [0.25, 0.3) is 0 Å². The molecule has 0 bridgehead atoms. The summed E-state index contributed by atoms with van der Waals surface area (Å²) in [5.41, 5.74) is 4.23. The molecule has 6 heteroatoms. The van der Waals surface area contributed by atoms with E-state index in [-0.39, 0.29) is 11.7 Å². The highest BCUT2D eigenvalue weighted by atomic mass is 16.3. The van der Waals surface area contributed by atoms with Gasteiger partial charge in [-0.05, 0) is 52.4 Å². The number of fused-ring (bicyclic) bond motifs is 1. The van der Waals surface area contributed by atoms with Crippen LogP contribution in [0.3, 0.4) is 0 Å². The van der Waals surface area contributed by atoms with Gasteiger partial charge in [-0.25, -0.2) is 0 Å². The Morgan fingerprint density at radius 1 is 0.912 bits per heavy atom. The molecular formula is C28H28N4O2. The number of hydrogen-bond acceptors (Lipinski definition) is 5. The number of benzene rings is 3. The van der Waals surface area contributed by atoms with Crippen molar-refractivity contribution >= 4 is 22.4 Å². The highest BCUT2D eigenvalue weighted by molar-refractivity contribution is 5.98. The molecule has 1 amide bonds. The van der Waals surface area contributed by atoms with Crippen molar-refractivity contribution in [2.24, 2.45) is 0 Å². The van der Waals surface area contributed by atoms with Gasteiger partial charge in [0.15, 0.2) is 0 Å². The zero-order chi connectivity index (χ0) is 23.3. The van der Waals surface area contributed by atoms with Crippen molar-refractivity contribution in [3.63, 3.8) is 0 Å². The minimum absolute atomic E-state index is 0.0299. The molecule has 5 rings (SSSR count). The number of carbonyl (C=O) groups excluding carboxylic acids is 1. The molecule has 0 spiro atoms. The molecule has 1 aromatic heterocycles. The second-order valence-corrected chi connectivity index (χ2v) is 8.62. The Kier molecular flexibility index (Phi) is 6.40. The zero-order valence-electron chi connectivity index (χ0n) is 19.0. The third-order valence-corrected chi connectivity index (χ3v) is 6.40. The molecule has 0 atom stereocenters. The number of amides is 1. The molecule has 34 heavy (non-hydrogen) atoms. The van der Waals surface area contributed by atoms with E-state index in [4.69, 9.17) is 0 Å². The number of aromatic hydroxyl groups is 1. The van der Waals surface area contributed by atoms with E-state index in [0.717, 1.165) is 53.6 Å². The van der Waals surface area contributed by atoms with Crippen LogP contribution in [-0.2, 0) is 11.3 Å². The van der Waals surface area contributed by atoms with Crippen molar-refractivity contribution in [3.05, 3.63) is 90.8 Å². The standard InChI is InChI=1S/C28H28N4O2/c33-24-8-4-5-21(17-24)25-10-9-22(27-19-29-12-11-26(25)27)18-30-28(34)20-31-13-15-32(16-14-31)23-6-2-1-3-7-23/h1-12,17,19,33H,13-16,18,20H2,(H,30,34). The molecule has 172 valence electrons. The van der Waals surface area contributed by atoms with Crippen molar-refractivity contribution < 1.29 is 9.90 Å². The van der Waals surface area contributed by atoms with E-state index in [2.05, 4.69) is 44.4 Å². The van der Waals surface area contributed by atoms with Crippen LogP contribution in [0, 0.1) is 0 Å². The van der Waals surface area contributed by atoms with Crippen LogP contribution in [0.5, 0.6) is 5.75 Å². The number of phenolic OH excluding ortho intramolecular Hbond substituents is 1. The van der Waals surface area contributed by atoms with Gasteiger partial charge in [-0.1, -0.05) is 42.5 Å². The van der Waals surface area contributed by atoms with Gasteiger partial charge in [0, 0.05) is 56.2 Å². The number of hydrogen-bond donors (Lipinski definition) is 2. The average molecular weight is 453 g/mol. The van der Waals surface area contributed by atoms with Crippen LogP contribution in [0.1, 0.15) is 5.56 Å². The van der Waals surface area contributed by atoms with Crippen LogP contribution >= 0.6 is 0 Å². The lowest BCUT2D eigenvalue weighted by Gasteiger charge is -2.35. The molecule has 0 unspecified atom stereocenters. The number of carbonyl (C=O) groups is 1. The summed E-state index contributed by atoms with van der Waals surface area (Å²) in [5.74, 6) is 0.267. The Hall–Kier alpha value is -3.90. The normalized spacial score (nSPS) is 14.3.